The van der Waals surface area contributed by atoms with E-state index in [0.29, 0.717) is 0 Å². The van der Waals surface area contributed by atoms with Crippen LogP contribution in [-0.4, -0.2) is 41.0 Å². The van der Waals surface area contributed by atoms with Crippen LogP contribution >= 0.6 is 0 Å². The van der Waals surface area contributed by atoms with Crippen molar-refractivity contribution in [2.45, 2.75) is 26.0 Å². The standard InChI is InChI=1S/C26H24N2O2/c1-17-24(26(29)21-10-4-8-18-7-2-3-9-20(18)21)22-11-5-12-23-25(22)28(17)16-19(30-23)15-27-13-6-14-27/h2-5,7-12,19H,6,13-16H2,1H3. The third-order valence-electron chi connectivity index (χ3n) is 6.66. The minimum absolute atomic E-state index is 0.0893. The van der Waals surface area contributed by atoms with Crippen LogP contribution in [0.2, 0.25) is 0 Å². The summed E-state index contributed by atoms with van der Waals surface area (Å²) >= 11 is 0. The molecule has 3 heterocycles. The number of carbonyl (C=O) groups is 1. The Morgan fingerprint density at radius 2 is 1.77 bits per heavy atom. The van der Waals surface area contributed by atoms with Crippen molar-refractivity contribution in [3.63, 3.8) is 0 Å². The van der Waals surface area contributed by atoms with E-state index < -0.39 is 0 Å². The molecule has 0 amide bonds. The lowest BCUT2D eigenvalue weighted by Gasteiger charge is -2.36. The number of hydrogen-bond donors (Lipinski definition) is 0. The van der Waals surface area contributed by atoms with Crippen molar-refractivity contribution in [3.8, 4) is 5.75 Å². The second-order valence-electron chi connectivity index (χ2n) is 8.47. The summed E-state index contributed by atoms with van der Waals surface area (Å²) in [5.41, 5.74) is 3.65. The Hall–Kier alpha value is -3.11. The van der Waals surface area contributed by atoms with Crippen LogP contribution in [0.15, 0.2) is 60.7 Å². The van der Waals surface area contributed by atoms with E-state index in [2.05, 4.69) is 34.6 Å². The fourth-order valence-corrected chi connectivity index (χ4v) is 5.04. The quantitative estimate of drug-likeness (QED) is 0.465. The van der Waals surface area contributed by atoms with Gasteiger partial charge >= 0.3 is 0 Å². The van der Waals surface area contributed by atoms with Crippen LogP contribution in [-0.2, 0) is 6.54 Å². The molecule has 6 rings (SSSR count). The van der Waals surface area contributed by atoms with E-state index in [0.717, 1.165) is 70.4 Å². The molecule has 0 bridgehead atoms. The minimum atomic E-state index is 0.0893. The van der Waals surface area contributed by atoms with Gasteiger partial charge in [0.05, 0.1) is 17.6 Å². The van der Waals surface area contributed by atoms with E-state index in [-0.39, 0.29) is 11.9 Å². The number of ether oxygens (including phenoxy) is 1. The molecule has 1 aromatic heterocycles. The number of aromatic nitrogens is 1. The van der Waals surface area contributed by atoms with E-state index in [4.69, 9.17) is 4.74 Å². The van der Waals surface area contributed by atoms with Gasteiger partial charge < -0.3 is 9.30 Å². The Morgan fingerprint density at radius 1 is 1.00 bits per heavy atom. The molecule has 4 aromatic rings. The zero-order valence-corrected chi connectivity index (χ0v) is 17.1. The van der Waals surface area contributed by atoms with Crippen LogP contribution in [0.4, 0.5) is 0 Å². The Bertz CT molecular complexity index is 1290. The first-order chi connectivity index (χ1) is 14.7. The zero-order chi connectivity index (χ0) is 20.2. The molecule has 4 nitrogen and oxygen atoms in total. The first-order valence-electron chi connectivity index (χ1n) is 10.7. The van der Waals surface area contributed by atoms with Crippen LogP contribution in [0.3, 0.4) is 0 Å². The van der Waals surface area contributed by atoms with Crippen LogP contribution in [0.5, 0.6) is 5.75 Å². The largest absolute Gasteiger partial charge is 0.485 e. The fourth-order valence-electron chi connectivity index (χ4n) is 5.04. The molecule has 1 fully saturated rings. The summed E-state index contributed by atoms with van der Waals surface area (Å²) in [6, 6.07) is 20.2. The topological polar surface area (TPSA) is 34.5 Å². The van der Waals surface area contributed by atoms with Crippen molar-refractivity contribution >= 4 is 27.5 Å². The maximum atomic E-state index is 13.8. The van der Waals surface area contributed by atoms with Gasteiger partial charge in [-0.1, -0.05) is 54.6 Å². The normalized spacial score (nSPS) is 18.4. The zero-order valence-electron chi connectivity index (χ0n) is 17.1. The monoisotopic (exact) mass is 396 g/mol. The van der Waals surface area contributed by atoms with E-state index in [9.17, 15) is 4.79 Å². The van der Waals surface area contributed by atoms with Crippen molar-refractivity contribution < 1.29 is 9.53 Å². The smallest absolute Gasteiger partial charge is 0.196 e. The van der Waals surface area contributed by atoms with Crippen LogP contribution in [0.1, 0.15) is 28.0 Å². The van der Waals surface area contributed by atoms with Crippen LogP contribution in [0.25, 0.3) is 21.7 Å². The highest BCUT2D eigenvalue weighted by Crippen LogP contribution is 2.38. The molecular weight excluding hydrogens is 372 g/mol. The SMILES string of the molecule is Cc1c(C(=O)c2cccc3ccccc23)c2cccc3c2n1CC(CN1CCC1)O3. The fraction of sp³-hybridized carbons (Fsp3) is 0.269. The summed E-state index contributed by atoms with van der Waals surface area (Å²) in [5, 5.41) is 3.08. The maximum Gasteiger partial charge on any atom is 0.196 e. The summed E-state index contributed by atoms with van der Waals surface area (Å²) in [6.07, 6.45) is 1.40. The number of nitrogens with zero attached hydrogens (tertiary/aromatic N) is 2. The van der Waals surface area contributed by atoms with E-state index in [1.165, 1.54) is 6.42 Å². The first kappa shape index (κ1) is 17.7. The third-order valence-corrected chi connectivity index (χ3v) is 6.66. The highest BCUT2D eigenvalue weighted by molar-refractivity contribution is 6.22. The molecule has 30 heavy (non-hydrogen) atoms. The van der Waals surface area contributed by atoms with Gasteiger partial charge in [0, 0.05) is 23.2 Å². The number of likely N-dealkylation sites (tertiary alicyclic amines) is 1. The lowest BCUT2D eigenvalue weighted by Crippen LogP contribution is -2.46. The van der Waals surface area contributed by atoms with Crippen molar-refractivity contribution in [2.24, 2.45) is 0 Å². The van der Waals surface area contributed by atoms with Crippen LogP contribution in [0, 0.1) is 6.92 Å². The second-order valence-corrected chi connectivity index (χ2v) is 8.47. The first-order valence-corrected chi connectivity index (χ1v) is 10.7. The molecule has 4 heteroatoms. The van der Waals surface area contributed by atoms with Gasteiger partial charge in [-0.25, -0.2) is 0 Å². The lowest BCUT2D eigenvalue weighted by molar-refractivity contribution is 0.0791. The summed E-state index contributed by atoms with van der Waals surface area (Å²) in [7, 11) is 0. The molecule has 1 saturated heterocycles. The van der Waals surface area contributed by atoms with E-state index in [1.807, 2.05) is 42.5 Å². The molecule has 150 valence electrons. The molecule has 3 aromatic carbocycles. The Kier molecular flexibility index (Phi) is 3.96. The highest BCUT2D eigenvalue weighted by Gasteiger charge is 2.31. The number of hydrogen-bond acceptors (Lipinski definition) is 3. The van der Waals surface area contributed by atoms with Gasteiger partial charge in [0.25, 0.3) is 0 Å². The van der Waals surface area contributed by atoms with Gasteiger partial charge in [-0.15, -0.1) is 0 Å². The molecule has 1 atom stereocenters. The number of fused-ring (bicyclic) bond motifs is 1. The van der Waals surface area contributed by atoms with Gasteiger partial charge in [-0.05, 0) is 43.3 Å². The highest BCUT2D eigenvalue weighted by atomic mass is 16.5. The number of benzene rings is 3. The lowest BCUT2D eigenvalue weighted by atomic mass is 9.95. The number of para-hydroxylation sites is 1. The summed E-state index contributed by atoms with van der Waals surface area (Å²) in [4.78, 5) is 16.2. The molecular formula is C26H24N2O2. The predicted octanol–water partition coefficient (Wildman–Crippen LogP) is 4.80. The summed E-state index contributed by atoms with van der Waals surface area (Å²) < 4.78 is 8.66. The van der Waals surface area contributed by atoms with Gasteiger partial charge in [-0.2, -0.15) is 0 Å². The van der Waals surface area contributed by atoms with Crippen LogP contribution < -0.4 is 4.74 Å². The molecule has 0 aliphatic carbocycles. The second kappa shape index (κ2) is 6.71. The molecule has 0 spiro atoms. The average molecular weight is 396 g/mol. The summed E-state index contributed by atoms with van der Waals surface area (Å²) in [5.74, 6) is 0.982. The van der Waals surface area contributed by atoms with E-state index in [1.54, 1.807) is 0 Å². The predicted molar refractivity (Wildman–Crippen MR) is 120 cm³/mol. The van der Waals surface area contributed by atoms with Crippen molar-refractivity contribution in [2.75, 3.05) is 19.6 Å². The Balaban J connectivity index is 1.48. The van der Waals surface area contributed by atoms with Crippen molar-refractivity contribution in [1.82, 2.24) is 9.47 Å². The summed E-state index contributed by atoms with van der Waals surface area (Å²) in [6.45, 7) is 6.13. The third kappa shape index (κ3) is 2.60. The number of rotatable bonds is 4. The molecule has 2 aliphatic heterocycles. The molecule has 2 aliphatic rings. The van der Waals surface area contributed by atoms with Gasteiger partial charge in [0.2, 0.25) is 0 Å². The Labute approximate surface area is 175 Å². The number of ketones is 1. The van der Waals surface area contributed by atoms with Gasteiger partial charge in [0.15, 0.2) is 5.78 Å². The maximum absolute atomic E-state index is 13.8. The van der Waals surface area contributed by atoms with E-state index >= 15 is 0 Å². The molecule has 0 N–H and O–H groups in total. The number of carbonyl (C=O) groups excluding carboxylic acids is 1. The van der Waals surface area contributed by atoms with Gasteiger partial charge in [0.1, 0.15) is 11.9 Å². The Morgan fingerprint density at radius 3 is 2.60 bits per heavy atom. The minimum Gasteiger partial charge on any atom is -0.485 e. The van der Waals surface area contributed by atoms with Crippen molar-refractivity contribution in [3.05, 3.63) is 77.5 Å². The molecule has 0 saturated carbocycles. The molecule has 1 unspecified atom stereocenters. The van der Waals surface area contributed by atoms with Gasteiger partial charge in [-0.3, -0.25) is 9.69 Å². The van der Waals surface area contributed by atoms with Crippen molar-refractivity contribution in [1.29, 1.82) is 0 Å². The molecule has 0 radical (unpaired) electrons. The average Bonchev–Trinajstić information content (AvgIpc) is 3.03.